The largest absolute Gasteiger partial charge is 0.507 e. The zero-order valence-electron chi connectivity index (χ0n) is 11.4. The number of fused-ring (bicyclic) bond motifs is 1. The molecule has 1 aliphatic heterocycles. The highest BCUT2D eigenvalue weighted by molar-refractivity contribution is 5.55. The van der Waals surface area contributed by atoms with Crippen molar-refractivity contribution in [2.24, 2.45) is 0 Å². The van der Waals surface area contributed by atoms with Gasteiger partial charge in [-0.2, -0.15) is 0 Å². The highest BCUT2D eigenvalue weighted by atomic mass is 16.5. The molecule has 1 aliphatic rings. The number of hydrogen-bond donors (Lipinski definition) is 2. The molecule has 0 amide bonds. The summed E-state index contributed by atoms with van der Waals surface area (Å²) in [4.78, 5) is 0. The number of allylic oxidation sites excluding steroid dienone is 1. The summed E-state index contributed by atoms with van der Waals surface area (Å²) in [5.41, 5.74) is 1.22. The number of ether oxygens (including phenoxy) is 1. The summed E-state index contributed by atoms with van der Waals surface area (Å²) in [5.74, 6) is 6.49. The van der Waals surface area contributed by atoms with Crippen molar-refractivity contribution in [3.05, 3.63) is 35.4 Å². The van der Waals surface area contributed by atoms with Gasteiger partial charge in [-0.3, -0.25) is 0 Å². The molecular weight excluding hydrogens is 240 g/mol. The molecule has 0 radical (unpaired) electrons. The fourth-order valence-corrected chi connectivity index (χ4v) is 1.94. The van der Waals surface area contributed by atoms with E-state index in [1.165, 1.54) is 0 Å². The second-order valence-corrected chi connectivity index (χ2v) is 5.47. The standard InChI is InChI=1S/C16H18O3/c1-10(2)5-6-11-8-14-12(7-13(11)17)9-15(19-14)16(3,4)18/h7-8,15,17-18H,1,9H2,2-4H3. The molecule has 0 fully saturated rings. The third kappa shape index (κ3) is 2.91. The van der Waals surface area contributed by atoms with Crippen molar-refractivity contribution in [2.45, 2.75) is 38.9 Å². The van der Waals surface area contributed by atoms with Crippen LogP contribution in [-0.2, 0) is 6.42 Å². The van der Waals surface area contributed by atoms with E-state index in [0.29, 0.717) is 17.7 Å². The van der Waals surface area contributed by atoms with Crippen molar-refractivity contribution in [2.75, 3.05) is 0 Å². The third-order valence-electron chi connectivity index (χ3n) is 3.05. The van der Waals surface area contributed by atoms with Gasteiger partial charge >= 0.3 is 0 Å². The van der Waals surface area contributed by atoms with Crippen LogP contribution in [0.5, 0.6) is 11.5 Å². The Morgan fingerprint density at radius 3 is 2.74 bits per heavy atom. The van der Waals surface area contributed by atoms with Crippen molar-refractivity contribution in [1.82, 2.24) is 0 Å². The first kappa shape index (κ1) is 13.5. The molecule has 0 aliphatic carbocycles. The summed E-state index contributed by atoms with van der Waals surface area (Å²) in [6.45, 7) is 8.93. The zero-order chi connectivity index (χ0) is 14.2. The minimum atomic E-state index is -0.918. The number of aliphatic hydroxyl groups is 1. The van der Waals surface area contributed by atoms with Gasteiger partial charge in [-0.05, 0) is 38.5 Å². The van der Waals surface area contributed by atoms with Crippen molar-refractivity contribution in [3.63, 3.8) is 0 Å². The van der Waals surface area contributed by atoms with Gasteiger partial charge in [0.25, 0.3) is 0 Å². The Balaban J connectivity index is 2.33. The Hall–Kier alpha value is -1.92. The Morgan fingerprint density at radius 1 is 1.47 bits per heavy atom. The summed E-state index contributed by atoms with van der Waals surface area (Å²) < 4.78 is 5.72. The number of benzene rings is 1. The number of phenolic OH excluding ortho intramolecular Hbond substituents is 1. The van der Waals surface area contributed by atoms with Crippen LogP contribution in [0.1, 0.15) is 31.9 Å². The lowest BCUT2D eigenvalue weighted by Crippen LogP contribution is -2.39. The third-order valence-corrected chi connectivity index (χ3v) is 3.05. The molecule has 0 bridgehead atoms. The van der Waals surface area contributed by atoms with E-state index < -0.39 is 5.60 Å². The quantitative estimate of drug-likeness (QED) is 0.760. The van der Waals surface area contributed by atoms with Gasteiger partial charge in [0.2, 0.25) is 0 Å². The van der Waals surface area contributed by atoms with E-state index >= 15 is 0 Å². The molecule has 100 valence electrons. The molecule has 3 nitrogen and oxygen atoms in total. The molecule has 1 unspecified atom stereocenters. The first-order valence-corrected chi connectivity index (χ1v) is 6.20. The van der Waals surface area contributed by atoms with Crippen molar-refractivity contribution in [1.29, 1.82) is 0 Å². The number of hydrogen-bond acceptors (Lipinski definition) is 3. The van der Waals surface area contributed by atoms with Crippen LogP contribution in [0.15, 0.2) is 24.3 Å². The van der Waals surface area contributed by atoms with E-state index in [4.69, 9.17) is 4.74 Å². The summed E-state index contributed by atoms with van der Waals surface area (Å²) >= 11 is 0. The molecule has 1 aromatic rings. The molecular formula is C16H18O3. The van der Waals surface area contributed by atoms with Crippen LogP contribution in [0.25, 0.3) is 0 Å². The smallest absolute Gasteiger partial charge is 0.131 e. The predicted molar refractivity (Wildman–Crippen MR) is 74.2 cm³/mol. The normalized spacial score (nSPS) is 17.2. The maximum atomic E-state index is 9.98. The molecule has 1 aromatic carbocycles. The van der Waals surface area contributed by atoms with Gasteiger partial charge in [0.05, 0.1) is 11.2 Å². The first-order chi connectivity index (χ1) is 8.77. The lowest BCUT2D eigenvalue weighted by Gasteiger charge is -2.24. The number of rotatable bonds is 1. The Morgan fingerprint density at radius 2 is 2.16 bits per heavy atom. The molecule has 0 saturated heterocycles. The van der Waals surface area contributed by atoms with Gasteiger partial charge in [-0.1, -0.05) is 18.4 Å². The molecule has 2 rings (SSSR count). The van der Waals surface area contributed by atoms with Crippen LogP contribution >= 0.6 is 0 Å². The van der Waals surface area contributed by atoms with Crippen LogP contribution in [-0.4, -0.2) is 21.9 Å². The van der Waals surface area contributed by atoms with E-state index in [2.05, 4.69) is 18.4 Å². The van der Waals surface area contributed by atoms with E-state index in [-0.39, 0.29) is 11.9 Å². The average Bonchev–Trinajstić information content (AvgIpc) is 2.68. The summed E-state index contributed by atoms with van der Waals surface area (Å²) in [7, 11) is 0. The van der Waals surface area contributed by atoms with Crippen LogP contribution in [0.4, 0.5) is 0 Å². The van der Waals surface area contributed by atoms with Crippen LogP contribution in [0.3, 0.4) is 0 Å². The Kier molecular flexibility index (Phi) is 3.30. The lowest BCUT2D eigenvalue weighted by molar-refractivity contribution is -0.0229. The predicted octanol–water partition coefficient (Wildman–Crippen LogP) is 2.39. The number of phenols is 1. The zero-order valence-corrected chi connectivity index (χ0v) is 11.4. The minimum absolute atomic E-state index is 0.132. The van der Waals surface area contributed by atoms with Crippen LogP contribution < -0.4 is 4.74 Å². The lowest BCUT2D eigenvalue weighted by atomic mass is 9.97. The highest BCUT2D eigenvalue weighted by Crippen LogP contribution is 2.37. The maximum Gasteiger partial charge on any atom is 0.131 e. The van der Waals surface area contributed by atoms with Gasteiger partial charge in [-0.15, -0.1) is 0 Å². The molecule has 0 aromatic heterocycles. The van der Waals surface area contributed by atoms with E-state index in [0.717, 1.165) is 11.1 Å². The second kappa shape index (κ2) is 4.64. The topological polar surface area (TPSA) is 49.7 Å². The average molecular weight is 258 g/mol. The summed E-state index contributed by atoms with van der Waals surface area (Å²) in [6.07, 6.45) is 0.284. The molecule has 3 heteroatoms. The first-order valence-electron chi connectivity index (χ1n) is 6.20. The monoisotopic (exact) mass is 258 g/mol. The number of aromatic hydroxyl groups is 1. The molecule has 0 saturated carbocycles. The second-order valence-electron chi connectivity index (χ2n) is 5.47. The van der Waals surface area contributed by atoms with E-state index in [1.807, 2.05) is 0 Å². The Bertz CT molecular complexity index is 582. The van der Waals surface area contributed by atoms with Gasteiger partial charge in [-0.25, -0.2) is 0 Å². The van der Waals surface area contributed by atoms with Crippen molar-refractivity contribution >= 4 is 0 Å². The molecule has 19 heavy (non-hydrogen) atoms. The molecule has 1 atom stereocenters. The van der Waals surface area contributed by atoms with Crippen LogP contribution in [0, 0.1) is 11.8 Å². The van der Waals surface area contributed by atoms with Gasteiger partial charge in [0.1, 0.15) is 17.6 Å². The minimum Gasteiger partial charge on any atom is -0.507 e. The van der Waals surface area contributed by atoms with E-state index in [9.17, 15) is 10.2 Å². The maximum absolute atomic E-state index is 9.98. The fourth-order valence-electron chi connectivity index (χ4n) is 1.94. The fraction of sp³-hybridized carbons (Fsp3) is 0.375. The van der Waals surface area contributed by atoms with Gasteiger partial charge in [0.15, 0.2) is 0 Å². The molecule has 2 N–H and O–H groups in total. The van der Waals surface area contributed by atoms with Crippen LogP contribution in [0.2, 0.25) is 0 Å². The van der Waals surface area contributed by atoms with E-state index in [1.54, 1.807) is 32.9 Å². The Labute approximate surface area is 113 Å². The molecule has 0 spiro atoms. The summed E-state index contributed by atoms with van der Waals surface area (Å²) in [5, 5.41) is 19.9. The SMILES string of the molecule is C=C(C)C#Cc1cc2c(cc1O)CC(C(C)(C)O)O2. The van der Waals surface area contributed by atoms with Gasteiger partial charge < -0.3 is 14.9 Å². The van der Waals surface area contributed by atoms with Crippen molar-refractivity contribution in [3.8, 4) is 23.3 Å². The van der Waals surface area contributed by atoms with Gasteiger partial charge in [0, 0.05) is 12.0 Å². The molecule has 1 heterocycles. The summed E-state index contributed by atoms with van der Waals surface area (Å²) in [6, 6.07) is 3.37. The van der Waals surface area contributed by atoms with Crippen molar-refractivity contribution < 1.29 is 14.9 Å². The highest BCUT2D eigenvalue weighted by Gasteiger charge is 2.35.